The molecule has 0 amide bonds. The highest BCUT2D eigenvalue weighted by Crippen LogP contribution is 2.28. The van der Waals surface area contributed by atoms with E-state index < -0.39 is 29.6 Å². The maximum atomic E-state index is 12.3. The van der Waals surface area contributed by atoms with E-state index in [4.69, 9.17) is 4.74 Å². The fourth-order valence-electron chi connectivity index (χ4n) is 2.41. The first-order valence-corrected chi connectivity index (χ1v) is 7.84. The van der Waals surface area contributed by atoms with Crippen molar-refractivity contribution in [3.63, 3.8) is 0 Å². The van der Waals surface area contributed by atoms with E-state index >= 15 is 0 Å². The largest absolute Gasteiger partial charge is 0.479 e. The molecule has 6 heteroatoms. The lowest BCUT2D eigenvalue weighted by Crippen LogP contribution is -2.29. The highest BCUT2D eigenvalue weighted by Gasteiger charge is 2.30. The lowest BCUT2D eigenvalue weighted by molar-refractivity contribution is -0.147. The van der Waals surface area contributed by atoms with Gasteiger partial charge in [-0.3, -0.25) is 4.98 Å². The summed E-state index contributed by atoms with van der Waals surface area (Å²) < 4.78 is 5.34. The van der Waals surface area contributed by atoms with Gasteiger partial charge in [-0.15, -0.1) is 0 Å². The summed E-state index contributed by atoms with van der Waals surface area (Å²) in [5.74, 6) is -2.78. The zero-order valence-electron chi connectivity index (χ0n) is 14.3. The Morgan fingerprint density at radius 3 is 2.40 bits per heavy atom. The number of pyridine rings is 1. The van der Waals surface area contributed by atoms with Gasteiger partial charge in [-0.05, 0) is 50.6 Å². The Balaban J connectivity index is 2.43. The fraction of sp³-hybridized carbons (Fsp3) is 0.316. The third kappa shape index (κ3) is 4.87. The van der Waals surface area contributed by atoms with Gasteiger partial charge in [0.2, 0.25) is 0 Å². The number of carbonyl (C=O) groups excluding carboxylic acids is 1. The number of esters is 1. The minimum atomic E-state index is -1.69. The maximum absolute atomic E-state index is 12.3. The Hall–Kier alpha value is -2.73. The van der Waals surface area contributed by atoms with Gasteiger partial charge in [0.1, 0.15) is 5.60 Å². The van der Waals surface area contributed by atoms with Crippen molar-refractivity contribution in [1.29, 1.82) is 0 Å². The molecule has 0 bridgehead atoms. The second-order valence-electron chi connectivity index (χ2n) is 6.64. The molecule has 2 aromatic rings. The summed E-state index contributed by atoms with van der Waals surface area (Å²) >= 11 is 0. The third-order valence-corrected chi connectivity index (χ3v) is 3.46. The smallest absolute Gasteiger partial charge is 0.338 e. The maximum Gasteiger partial charge on any atom is 0.338 e. The molecule has 0 aliphatic rings. The van der Waals surface area contributed by atoms with Crippen molar-refractivity contribution >= 4 is 11.9 Å². The molecule has 1 heterocycles. The molecule has 2 rings (SSSR count). The van der Waals surface area contributed by atoms with E-state index in [9.17, 15) is 19.8 Å². The summed E-state index contributed by atoms with van der Waals surface area (Å²) in [6.45, 7) is 5.29. The van der Waals surface area contributed by atoms with Crippen molar-refractivity contribution in [3.8, 4) is 0 Å². The van der Waals surface area contributed by atoms with Crippen LogP contribution in [0.4, 0.5) is 0 Å². The Morgan fingerprint density at radius 1 is 1.12 bits per heavy atom. The molecule has 0 fully saturated rings. The first kappa shape index (κ1) is 18.6. The van der Waals surface area contributed by atoms with Crippen molar-refractivity contribution in [2.24, 2.45) is 0 Å². The molecular weight excluding hydrogens is 322 g/mol. The number of aliphatic carboxylic acids is 1. The van der Waals surface area contributed by atoms with Gasteiger partial charge in [0, 0.05) is 6.20 Å². The van der Waals surface area contributed by atoms with Crippen molar-refractivity contribution < 1.29 is 24.5 Å². The third-order valence-electron chi connectivity index (χ3n) is 3.46. The predicted octanol–water partition coefficient (Wildman–Crippen LogP) is 2.61. The first-order chi connectivity index (χ1) is 11.7. The van der Waals surface area contributed by atoms with E-state index in [1.807, 2.05) is 0 Å². The van der Waals surface area contributed by atoms with E-state index in [2.05, 4.69) is 4.98 Å². The van der Waals surface area contributed by atoms with Gasteiger partial charge < -0.3 is 14.9 Å². The highest BCUT2D eigenvalue weighted by molar-refractivity contribution is 5.90. The van der Waals surface area contributed by atoms with Crippen LogP contribution >= 0.6 is 0 Å². The molecule has 6 nitrogen and oxygen atoms in total. The number of benzene rings is 1. The Kier molecular flexibility index (Phi) is 5.54. The van der Waals surface area contributed by atoms with Crippen LogP contribution in [0.5, 0.6) is 0 Å². The molecule has 0 aliphatic carbocycles. The number of hydrogen-bond donors (Lipinski definition) is 2. The number of nitrogens with zero attached hydrogens (tertiary/aromatic N) is 1. The monoisotopic (exact) mass is 343 g/mol. The van der Waals surface area contributed by atoms with E-state index in [1.54, 1.807) is 57.2 Å². The van der Waals surface area contributed by atoms with Crippen LogP contribution in [-0.4, -0.2) is 38.8 Å². The minimum Gasteiger partial charge on any atom is -0.479 e. The van der Waals surface area contributed by atoms with Crippen molar-refractivity contribution in [3.05, 3.63) is 65.5 Å². The molecule has 0 saturated heterocycles. The summed E-state index contributed by atoms with van der Waals surface area (Å²) in [7, 11) is 0. The Labute approximate surface area is 146 Å². The molecule has 132 valence electrons. The van der Waals surface area contributed by atoms with E-state index in [1.165, 1.54) is 12.3 Å². The number of carboxylic acids is 1. The quantitative estimate of drug-likeness (QED) is 0.810. The second-order valence-corrected chi connectivity index (χ2v) is 6.64. The molecule has 0 aliphatic heterocycles. The van der Waals surface area contributed by atoms with Crippen LogP contribution in [-0.2, 0) is 9.53 Å². The molecular formula is C19H21NO5. The van der Waals surface area contributed by atoms with Gasteiger partial charge in [-0.2, -0.15) is 0 Å². The number of aromatic nitrogens is 1. The predicted molar refractivity (Wildman–Crippen MR) is 91.3 cm³/mol. The van der Waals surface area contributed by atoms with Gasteiger partial charge in [0.05, 0.1) is 17.2 Å². The topological polar surface area (TPSA) is 96.7 Å². The van der Waals surface area contributed by atoms with E-state index in [0.717, 1.165) is 0 Å². The summed E-state index contributed by atoms with van der Waals surface area (Å²) in [4.78, 5) is 27.7. The van der Waals surface area contributed by atoms with Gasteiger partial charge in [-0.25, -0.2) is 9.59 Å². The average molecular weight is 343 g/mol. The highest BCUT2D eigenvalue weighted by atomic mass is 16.6. The fourth-order valence-corrected chi connectivity index (χ4v) is 2.41. The number of hydrogen-bond acceptors (Lipinski definition) is 5. The van der Waals surface area contributed by atoms with Crippen LogP contribution in [0.2, 0.25) is 0 Å². The molecule has 2 atom stereocenters. The van der Waals surface area contributed by atoms with Crippen LogP contribution in [0.3, 0.4) is 0 Å². The number of aliphatic hydroxyl groups is 1. The Bertz CT molecular complexity index is 752. The number of aliphatic hydroxyl groups excluding tert-OH is 1. The SMILES string of the molecule is CC(C)(C)OC(=O)c1cccc([C@H](c2ccccn2)[C@@H](O)C(=O)O)c1. The van der Waals surface area contributed by atoms with Crippen LogP contribution in [0.25, 0.3) is 0 Å². The minimum absolute atomic E-state index is 0.283. The number of carboxylic acid groups (broad SMARTS) is 1. The molecule has 1 aromatic carbocycles. The van der Waals surface area contributed by atoms with Crippen molar-refractivity contribution in [1.82, 2.24) is 4.98 Å². The van der Waals surface area contributed by atoms with Crippen LogP contribution in [0.1, 0.15) is 48.3 Å². The Morgan fingerprint density at radius 2 is 1.84 bits per heavy atom. The van der Waals surface area contributed by atoms with Crippen LogP contribution < -0.4 is 0 Å². The zero-order chi connectivity index (χ0) is 18.6. The second kappa shape index (κ2) is 7.44. The van der Waals surface area contributed by atoms with Gasteiger partial charge in [0.15, 0.2) is 6.10 Å². The lowest BCUT2D eigenvalue weighted by atomic mass is 9.89. The normalized spacial score (nSPS) is 13.8. The van der Waals surface area contributed by atoms with Gasteiger partial charge in [0.25, 0.3) is 0 Å². The summed E-state index contributed by atoms with van der Waals surface area (Å²) in [5.41, 5.74) is 0.510. The average Bonchev–Trinajstić information content (AvgIpc) is 2.54. The lowest BCUT2D eigenvalue weighted by Gasteiger charge is -2.22. The zero-order valence-corrected chi connectivity index (χ0v) is 14.3. The molecule has 0 saturated carbocycles. The van der Waals surface area contributed by atoms with E-state index in [0.29, 0.717) is 11.3 Å². The van der Waals surface area contributed by atoms with Crippen LogP contribution in [0.15, 0.2) is 48.7 Å². The first-order valence-electron chi connectivity index (χ1n) is 7.84. The van der Waals surface area contributed by atoms with Gasteiger partial charge >= 0.3 is 11.9 Å². The van der Waals surface area contributed by atoms with Crippen molar-refractivity contribution in [2.45, 2.75) is 38.4 Å². The molecule has 2 N–H and O–H groups in total. The summed E-state index contributed by atoms with van der Waals surface area (Å²) in [6, 6.07) is 11.4. The van der Waals surface area contributed by atoms with Gasteiger partial charge in [-0.1, -0.05) is 18.2 Å². The summed E-state index contributed by atoms with van der Waals surface area (Å²) in [5, 5.41) is 19.4. The summed E-state index contributed by atoms with van der Waals surface area (Å²) in [6.07, 6.45) is -0.168. The molecule has 0 unspecified atom stereocenters. The van der Waals surface area contributed by atoms with Crippen LogP contribution in [0, 0.1) is 0 Å². The molecule has 25 heavy (non-hydrogen) atoms. The van der Waals surface area contributed by atoms with Crippen molar-refractivity contribution in [2.75, 3.05) is 0 Å². The standard InChI is InChI=1S/C19H21NO5/c1-19(2,3)25-18(24)13-8-6-7-12(11-13)15(16(21)17(22)23)14-9-4-5-10-20-14/h4-11,15-16,21H,1-3H3,(H,22,23)/t15-,16-/m1/s1. The molecule has 0 radical (unpaired) electrons. The number of ether oxygens (including phenoxy) is 1. The van der Waals surface area contributed by atoms with E-state index in [-0.39, 0.29) is 5.56 Å². The number of rotatable bonds is 5. The molecule has 1 aromatic heterocycles. The molecule has 0 spiro atoms. The number of carbonyl (C=O) groups is 2.